The molecule has 0 aliphatic heterocycles. The van der Waals surface area contributed by atoms with Crippen LogP contribution >= 0.6 is 0 Å². The lowest BCUT2D eigenvalue weighted by molar-refractivity contribution is 0.0536. The predicted octanol–water partition coefficient (Wildman–Crippen LogP) is 5.48. The molecule has 0 heterocycles. The molecule has 0 aliphatic rings. The van der Waals surface area contributed by atoms with Crippen molar-refractivity contribution in [2.24, 2.45) is 5.41 Å². The minimum absolute atomic E-state index is 0.0306. The van der Waals surface area contributed by atoms with E-state index in [9.17, 15) is 4.79 Å². The van der Waals surface area contributed by atoms with Crippen molar-refractivity contribution in [2.45, 2.75) is 79.2 Å². The third-order valence-electron chi connectivity index (χ3n) is 3.77. The van der Waals surface area contributed by atoms with Gasteiger partial charge in [-0.3, -0.25) is 4.79 Å². The van der Waals surface area contributed by atoms with Gasteiger partial charge in [0, 0.05) is 0 Å². The number of carbonyl (C=O) groups is 1. The van der Waals surface area contributed by atoms with Gasteiger partial charge in [-0.1, -0.05) is 53.7 Å². The summed E-state index contributed by atoms with van der Waals surface area (Å²) in [6.07, 6.45) is -0.460. The van der Waals surface area contributed by atoms with Crippen molar-refractivity contribution in [1.82, 2.24) is 0 Å². The molecule has 0 aromatic heterocycles. The van der Waals surface area contributed by atoms with Gasteiger partial charge < -0.3 is 8.85 Å². The van der Waals surface area contributed by atoms with Gasteiger partial charge in [0.1, 0.15) is 11.9 Å². The number of hydrogen-bond acceptors (Lipinski definition) is 3. The van der Waals surface area contributed by atoms with Gasteiger partial charge in [0.15, 0.2) is 5.78 Å². The molecule has 0 spiro atoms. The van der Waals surface area contributed by atoms with Crippen LogP contribution < -0.4 is 4.43 Å². The fourth-order valence-electron chi connectivity index (χ4n) is 2.64. The number of hydrogen-bond donors (Lipinski definition) is 0. The quantitative estimate of drug-likeness (QED) is 0.486. The number of ketones is 1. The topological polar surface area (TPSA) is 35.5 Å². The highest BCUT2D eigenvalue weighted by atomic mass is 28.3. The van der Waals surface area contributed by atoms with E-state index in [1.165, 1.54) is 0 Å². The van der Waals surface area contributed by atoms with E-state index in [4.69, 9.17) is 8.85 Å². The van der Waals surface area contributed by atoms with Crippen LogP contribution in [0.25, 0.3) is 0 Å². The van der Waals surface area contributed by atoms with Crippen LogP contribution in [0.5, 0.6) is 5.75 Å². The predicted molar refractivity (Wildman–Crippen MR) is 109 cm³/mol. The average molecular weight is 379 g/mol. The Morgan fingerprint density at radius 2 is 1.52 bits per heavy atom. The lowest BCUT2D eigenvalue weighted by atomic mass is 9.81. The monoisotopic (exact) mass is 378 g/mol. The van der Waals surface area contributed by atoms with Crippen molar-refractivity contribution < 1.29 is 13.6 Å². The maximum Gasteiger partial charge on any atom is 0.274 e. The molecule has 140 valence electrons. The Labute approximate surface area is 157 Å². The van der Waals surface area contributed by atoms with Gasteiger partial charge in [-0.2, -0.15) is 0 Å². The standard InChI is InChI=1S/C20H34O3Si2/c1-19(2,3)15-13-11-12-14(17(15)22-24(7)8)16(21)18(20(4,5)6)23-25(9)10/h11-13,18H,1-10H3. The molecule has 1 rings (SSSR count). The molecule has 0 saturated carbocycles. The second-order valence-electron chi connectivity index (χ2n) is 9.08. The molecular weight excluding hydrogens is 344 g/mol. The molecule has 0 aliphatic carbocycles. The van der Waals surface area contributed by atoms with E-state index in [0.717, 1.165) is 11.3 Å². The molecule has 1 unspecified atom stereocenters. The number of carbonyl (C=O) groups excluding carboxylic acids is 1. The highest BCUT2D eigenvalue weighted by Crippen LogP contribution is 2.37. The molecule has 0 fully saturated rings. The van der Waals surface area contributed by atoms with Gasteiger partial charge in [0.05, 0.1) is 5.56 Å². The van der Waals surface area contributed by atoms with E-state index in [2.05, 4.69) is 73.8 Å². The molecule has 25 heavy (non-hydrogen) atoms. The first-order valence-electron chi connectivity index (χ1n) is 8.87. The molecule has 1 aromatic rings. The second-order valence-corrected chi connectivity index (χ2v) is 13.2. The second kappa shape index (κ2) is 8.19. The number of benzene rings is 1. The first-order valence-corrected chi connectivity index (χ1v) is 13.7. The maximum absolute atomic E-state index is 13.4. The molecule has 0 bridgehead atoms. The summed E-state index contributed by atoms with van der Waals surface area (Å²) in [6, 6.07) is 5.91. The largest absolute Gasteiger partial charge is 0.542 e. The summed E-state index contributed by atoms with van der Waals surface area (Å²) < 4.78 is 12.3. The summed E-state index contributed by atoms with van der Waals surface area (Å²) in [4.78, 5) is 13.4. The zero-order valence-corrected chi connectivity index (χ0v) is 19.5. The minimum Gasteiger partial charge on any atom is -0.542 e. The van der Waals surface area contributed by atoms with Crippen LogP contribution in [0.15, 0.2) is 18.2 Å². The lowest BCUT2D eigenvalue weighted by Crippen LogP contribution is -2.40. The molecule has 1 atom stereocenters. The van der Waals surface area contributed by atoms with E-state index >= 15 is 0 Å². The summed E-state index contributed by atoms with van der Waals surface area (Å²) in [5.41, 5.74) is 1.38. The Morgan fingerprint density at radius 1 is 0.960 bits per heavy atom. The Morgan fingerprint density at radius 3 is 1.92 bits per heavy atom. The van der Waals surface area contributed by atoms with Crippen LogP contribution in [0.3, 0.4) is 0 Å². The molecule has 3 nitrogen and oxygen atoms in total. The van der Waals surface area contributed by atoms with E-state index < -0.39 is 24.2 Å². The van der Waals surface area contributed by atoms with E-state index in [-0.39, 0.29) is 16.6 Å². The third-order valence-corrected chi connectivity index (χ3v) is 5.09. The van der Waals surface area contributed by atoms with Crippen molar-refractivity contribution in [3.05, 3.63) is 29.3 Å². The smallest absolute Gasteiger partial charge is 0.274 e. The Hall–Kier alpha value is -0.916. The fraction of sp³-hybridized carbons (Fsp3) is 0.650. The van der Waals surface area contributed by atoms with Crippen LogP contribution in [0.1, 0.15) is 57.5 Å². The van der Waals surface area contributed by atoms with E-state index in [1.54, 1.807) is 0 Å². The molecular formula is C20H34O3Si2. The molecule has 2 radical (unpaired) electrons. The summed E-state index contributed by atoms with van der Waals surface area (Å²) in [7, 11) is -1.99. The summed E-state index contributed by atoms with van der Waals surface area (Å²) in [5.74, 6) is 0.778. The number of Topliss-reactive ketones (excluding diaryl/α,β-unsaturated/α-hetero) is 1. The van der Waals surface area contributed by atoms with Gasteiger partial charge in [-0.15, -0.1) is 0 Å². The SMILES string of the molecule is C[Si](C)Oc1c(C(=O)C(O[Si](C)C)C(C)(C)C)cccc1C(C)(C)C. The van der Waals surface area contributed by atoms with Crippen LogP contribution in [0.2, 0.25) is 26.2 Å². The molecule has 0 amide bonds. The zero-order chi connectivity index (χ0) is 19.6. The molecule has 0 N–H and O–H groups in total. The van der Waals surface area contributed by atoms with Crippen LogP contribution in [-0.4, -0.2) is 30.0 Å². The van der Waals surface area contributed by atoms with Crippen molar-refractivity contribution in [1.29, 1.82) is 0 Å². The molecule has 0 saturated heterocycles. The van der Waals surface area contributed by atoms with Crippen molar-refractivity contribution in [3.63, 3.8) is 0 Å². The van der Waals surface area contributed by atoms with Crippen LogP contribution in [0.4, 0.5) is 0 Å². The Kier molecular flexibility index (Phi) is 7.24. The van der Waals surface area contributed by atoms with Gasteiger partial charge >= 0.3 is 0 Å². The maximum atomic E-state index is 13.4. The Balaban J connectivity index is 3.50. The van der Waals surface area contributed by atoms with E-state index in [1.807, 2.05) is 12.1 Å². The fourth-order valence-corrected chi connectivity index (χ4v) is 4.20. The average Bonchev–Trinajstić information content (AvgIpc) is 2.41. The van der Waals surface area contributed by atoms with Gasteiger partial charge in [0.25, 0.3) is 9.04 Å². The van der Waals surface area contributed by atoms with E-state index in [0.29, 0.717) is 5.56 Å². The first-order chi connectivity index (χ1) is 11.2. The van der Waals surface area contributed by atoms with Crippen LogP contribution in [-0.2, 0) is 9.84 Å². The summed E-state index contributed by atoms with van der Waals surface area (Å²) in [6.45, 7) is 21.0. The van der Waals surface area contributed by atoms with Crippen molar-refractivity contribution in [3.8, 4) is 5.75 Å². The minimum atomic E-state index is -0.996. The van der Waals surface area contributed by atoms with Gasteiger partial charge in [0.2, 0.25) is 9.04 Å². The Bertz CT molecular complexity index is 596. The van der Waals surface area contributed by atoms with Crippen LogP contribution in [0, 0.1) is 5.41 Å². The number of para-hydroxylation sites is 1. The normalized spacial score (nSPS) is 14.1. The highest BCUT2D eigenvalue weighted by molar-refractivity contribution is 6.49. The molecule has 1 aromatic carbocycles. The highest BCUT2D eigenvalue weighted by Gasteiger charge is 2.36. The van der Waals surface area contributed by atoms with Gasteiger partial charge in [-0.25, -0.2) is 0 Å². The number of rotatable bonds is 6. The lowest BCUT2D eigenvalue weighted by Gasteiger charge is -2.32. The molecule has 5 heteroatoms. The zero-order valence-electron chi connectivity index (χ0n) is 17.5. The summed E-state index contributed by atoms with van der Waals surface area (Å²) in [5, 5.41) is 0. The van der Waals surface area contributed by atoms with Crippen molar-refractivity contribution >= 4 is 23.9 Å². The third kappa shape index (κ3) is 6.08. The van der Waals surface area contributed by atoms with Gasteiger partial charge in [-0.05, 0) is 48.6 Å². The summed E-state index contributed by atoms with van der Waals surface area (Å²) >= 11 is 0. The van der Waals surface area contributed by atoms with Crippen molar-refractivity contribution in [2.75, 3.05) is 0 Å². The first kappa shape index (κ1) is 22.1.